The second-order valence-corrected chi connectivity index (χ2v) is 4.92. The highest BCUT2D eigenvalue weighted by Crippen LogP contribution is 2.25. The van der Waals surface area contributed by atoms with Crippen LogP contribution in [0.4, 0.5) is 0 Å². The summed E-state index contributed by atoms with van der Waals surface area (Å²) in [6.45, 7) is 0.780. The first-order valence-corrected chi connectivity index (χ1v) is 6.57. The summed E-state index contributed by atoms with van der Waals surface area (Å²) < 4.78 is 15.3. The Morgan fingerprint density at radius 1 is 1.30 bits per heavy atom. The van der Waals surface area contributed by atoms with Crippen molar-refractivity contribution in [3.63, 3.8) is 0 Å². The van der Waals surface area contributed by atoms with Gasteiger partial charge in [-0.25, -0.2) is 0 Å². The molecule has 1 atom stereocenters. The van der Waals surface area contributed by atoms with Crippen molar-refractivity contribution in [3.05, 3.63) is 23.8 Å². The van der Waals surface area contributed by atoms with Gasteiger partial charge >= 0.3 is 0 Å². The Bertz CT molecular complexity index is 453. The molecule has 0 saturated carbocycles. The lowest BCUT2D eigenvalue weighted by Gasteiger charge is -2.21. The maximum absolute atomic E-state index is 12.4. The van der Waals surface area contributed by atoms with Crippen LogP contribution in [-0.2, 0) is 4.74 Å². The van der Waals surface area contributed by atoms with E-state index in [4.69, 9.17) is 25.8 Å². The van der Waals surface area contributed by atoms with Gasteiger partial charge in [0.05, 0.1) is 31.8 Å². The normalized spacial score (nSPS) is 11.8. The van der Waals surface area contributed by atoms with Crippen molar-refractivity contribution in [2.45, 2.75) is 5.38 Å². The molecule has 1 unspecified atom stereocenters. The molecule has 0 aliphatic heterocycles. The van der Waals surface area contributed by atoms with Crippen LogP contribution in [0.1, 0.15) is 10.4 Å². The van der Waals surface area contributed by atoms with Gasteiger partial charge in [0, 0.05) is 26.8 Å². The third-order valence-corrected chi connectivity index (χ3v) is 3.07. The molecule has 112 valence electrons. The van der Waals surface area contributed by atoms with Gasteiger partial charge in [-0.1, -0.05) is 0 Å². The van der Waals surface area contributed by atoms with Crippen molar-refractivity contribution in [1.29, 1.82) is 0 Å². The number of hydrogen-bond acceptors (Lipinski definition) is 4. The quantitative estimate of drug-likeness (QED) is 0.723. The van der Waals surface area contributed by atoms with Crippen LogP contribution in [0.5, 0.6) is 11.5 Å². The van der Waals surface area contributed by atoms with E-state index in [0.29, 0.717) is 30.2 Å². The Balaban J connectivity index is 2.85. The fraction of sp³-hybridized carbons (Fsp3) is 0.500. The molecule has 0 heterocycles. The van der Waals surface area contributed by atoms with E-state index in [1.807, 2.05) is 0 Å². The molecule has 1 aromatic rings. The SMILES string of the molecule is COCC(Cl)CN(C)C(=O)c1ccc(OC)cc1OC. The number of ether oxygens (including phenoxy) is 3. The number of methoxy groups -OCH3 is 3. The van der Waals surface area contributed by atoms with Crippen LogP contribution in [0.2, 0.25) is 0 Å². The first kappa shape index (κ1) is 16.6. The Morgan fingerprint density at radius 2 is 2.00 bits per heavy atom. The fourth-order valence-corrected chi connectivity index (χ4v) is 2.13. The molecular weight excluding hydrogens is 282 g/mol. The standard InChI is InChI=1S/C14H20ClNO4/c1-16(8-10(15)9-18-2)14(17)12-6-5-11(19-3)7-13(12)20-4/h5-7,10H,8-9H2,1-4H3. The Kier molecular flexibility index (Phi) is 6.61. The minimum Gasteiger partial charge on any atom is -0.497 e. The molecule has 0 radical (unpaired) electrons. The summed E-state index contributed by atoms with van der Waals surface area (Å²) in [5, 5.41) is -0.252. The molecule has 20 heavy (non-hydrogen) atoms. The van der Waals surface area contributed by atoms with Gasteiger partial charge in [0.25, 0.3) is 5.91 Å². The number of nitrogens with zero attached hydrogens (tertiary/aromatic N) is 1. The third-order valence-electron chi connectivity index (χ3n) is 2.81. The zero-order valence-corrected chi connectivity index (χ0v) is 12.9. The van der Waals surface area contributed by atoms with Gasteiger partial charge in [-0.2, -0.15) is 0 Å². The van der Waals surface area contributed by atoms with E-state index >= 15 is 0 Å². The van der Waals surface area contributed by atoms with E-state index in [1.54, 1.807) is 44.4 Å². The number of alkyl halides is 1. The van der Waals surface area contributed by atoms with Crippen molar-refractivity contribution >= 4 is 17.5 Å². The number of benzene rings is 1. The molecule has 0 aliphatic carbocycles. The molecule has 0 spiro atoms. The molecule has 0 fully saturated rings. The predicted octanol–water partition coefficient (Wildman–Crippen LogP) is 2.03. The van der Waals surface area contributed by atoms with Crippen LogP contribution < -0.4 is 9.47 Å². The van der Waals surface area contributed by atoms with Crippen LogP contribution >= 0.6 is 11.6 Å². The number of halogens is 1. The number of hydrogen-bond donors (Lipinski definition) is 0. The second-order valence-electron chi connectivity index (χ2n) is 4.30. The van der Waals surface area contributed by atoms with E-state index < -0.39 is 0 Å². The van der Waals surface area contributed by atoms with E-state index in [2.05, 4.69) is 0 Å². The van der Waals surface area contributed by atoms with Crippen molar-refractivity contribution in [2.24, 2.45) is 0 Å². The maximum atomic E-state index is 12.4. The largest absolute Gasteiger partial charge is 0.497 e. The Morgan fingerprint density at radius 3 is 2.55 bits per heavy atom. The number of rotatable bonds is 7. The van der Waals surface area contributed by atoms with Crippen LogP contribution in [0.25, 0.3) is 0 Å². The zero-order valence-electron chi connectivity index (χ0n) is 12.2. The summed E-state index contributed by atoms with van der Waals surface area (Å²) >= 11 is 6.06. The van der Waals surface area contributed by atoms with Gasteiger partial charge in [0.15, 0.2) is 0 Å². The molecule has 0 bridgehead atoms. The summed E-state index contributed by atoms with van der Waals surface area (Å²) in [7, 11) is 6.34. The number of carbonyl (C=O) groups excluding carboxylic acids is 1. The van der Waals surface area contributed by atoms with Crippen molar-refractivity contribution in [3.8, 4) is 11.5 Å². The highest BCUT2D eigenvalue weighted by molar-refractivity contribution is 6.21. The minimum absolute atomic E-state index is 0.161. The predicted molar refractivity (Wildman–Crippen MR) is 78.0 cm³/mol. The molecule has 0 aromatic heterocycles. The molecule has 6 heteroatoms. The van der Waals surface area contributed by atoms with E-state index in [9.17, 15) is 4.79 Å². The monoisotopic (exact) mass is 301 g/mol. The van der Waals surface area contributed by atoms with E-state index in [1.165, 1.54) is 7.11 Å². The fourth-order valence-electron chi connectivity index (χ4n) is 1.79. The molecule has 1 amide bonds. The number of carbonyl (C=O) groups is 1. The smallest absolute Gasteiger partial charge is 0.257 e. The van der Waals surface area contributed by atoms with Crippen molar-refractivity contribution in [1.82, 2.24) is 4.90 Å². The first-order chi connectivity index (χ1) is 9.53. The van der Waals surface area contributed by atoms with E-state index in [0.717, 1.165) is 0 Å². The van der Waals surface area contributed by atoms with Gasteiger partial charge in [-0.05, 0) is 12.1 Å². The van der Waals surface area contributed by atoms with Crippen molar-refractivity contribution in [2.75, 3.05) is 41.5 Å². The lowest BCUT2D eigenvalue weighted by molar-refractivity contribution is 0.0778. The summed E-state index contributed by atoms with van der Waals surface area (Å²) in [6, 6.07) is 5.07. The maximum Gasteiger partial charge on any atom is 0.257 e. The number of amides is 1. The Hall–Kier alpha value is -1.46. The first-order valence-electron chi connectivity index (χ1n) is 6.14. The molecule has 5 nitrogen and oxygen atoms in total. The summed E-state index contributed by atoms with van der Waals surface area (Å²) in [4.78, 5) is 13.9. The van der Waals surface area contributed by atoms with Crippen LogP contribution in [-0.4, -0.2) is 57.7 Å². The lowest BCUT2D eigenvalue weighted by atomic mass is 10.1. The van der Waals surface area contributed by atoms with Gasteiger partial charge in [0.1, 0.15) is 11.5 Å². The van der Waals surface area contributed by atoms with Gasteiger partial charge in [0.2, 0.25) is 0 Å². The molecule has 0 aliphatic rings. The van der Waals surface area contributed by atoms with Gasteiger partial charge < -0.3 is 19.1 Å². The van der Waals surface area contributed by atoms with Crippen LogP contribution in [0.15, 0.2) is 18.2 Å². The molecular formula is C14H20ClNO4. The summed E-state index contributed by atoms with van der Waals surface area (Å²) in [5.41, 5.74) is 0.470. The average molecular weight is 302 g/mol. The molecule has 1 aromatic carbocycles. The van der Waals surface area contributed by atoms with Crippen molar-refractivity contribution < 1.29 is 19.0 Å². The summed E-state index contributed by atoms with van der Waals surface area (Å²) in [6.07, 6.45) is 0. The topological polar surface area (TPSA) is 48.0 Å². The van der Waals surface area contributed by atoms with Gasteiger partial charge in [-0.3, -0.25) is 4.79 Å². The zero-order chi connectivity index (χ0) is 15.1. The lowest BCUT2D eigenvalue weighted by Crippen LogP contribution is -2.34. The highest BCUT2D eigenvalue weighted by Gasteiger charge is 2.19. The third kappa shape index (κ3) is 4.28. The minimum atomic E-state index is -0.252. The second kappa shape index (κ2) is 7.97. The molecule has 0 N–H and O–H groups in total. The van der Waals surface area contributed by atoms with E-state index in [-0.39, 0.29) is 11.3 Å². The molecule has 0 saturated heterocycles. The average Bonchev–Trinajstić information content (AvgIpc) is 2.45. The molecule has 1 rings (SSSR count). The highest BCUT2D eigenvalue weighted by atomic mass is 35.5. The van der Waals surface area contributed by atoms with Crippen LogP contribution in [0, 0.1) is 0 Å². The summed E-state index contributed by atoms with van der Waals surface area (Å²) in [5.74, 6) is 0.945. The van der Waals surface area contributed by atoms with Gasteiger partial charge in [-0.15, -0.1) is 11.6 Å². The Labute approximate surface area is 124 Å². The van der Waals surface area contributed by atoms with Crippen LogP contribution in [0.3, 0.4) is 0 Å².